The Hall–Kier alpha value is -1.85. The van der Waals surface area contributed by atoms with Crippen LogP contribution in [-0.2, 0) is 0 Å². The quantitative estimate of drug-likeness (QED) is 0.601. The predicted octanol–water partition coefficient (Wildman–Crippen LogP) is 1.57. The number of nitrogens with one attached hydrogen (secondary N) is 1. The van der Waals surface area contributed by atoms with Gasteiger partial charge in [-0.25, -0.2) is 0 Å². The second kappa shape index (κ2) is 3.72. The van der Waals surface area contributed by atoms with E-state index in [1.165, 1.54) is 0 Å². The molecule has 1 saturated carbocycles. The number of ether oxygens (including phenoxy) is 1. The monoisotopic (exact) mass is 209 g/mol. The average molecular weight is 209 g/mol. The van der Waals surface area contributed by atoms with Crippen molar-refractivity contribution in [2.45, 2.75) is 18.9 Å². The first-order valence-corrected chi connectivity index (χ1v) is 4.70. The Kier molecular flexibility index (Phi) is 2.40. The molecule has 1 aromatic heterocycles. The molecule has 0 aliphatic heterocycles. The summed E-state index contributed by atoms with van der Waals surface area (Å²) in [6.07, 6.45) is 2.06. The van der Waals surface area contributed by atoms with Crippen LogP contribution in [0.1, 0.15) is 12.8 Å². The second-order valence-corrected chi connectivity index (χ2v) is 3.34. The lowest BCUT2D eigenvalue weighted by Crippen LogP contribution is -2.03. The molecule has 15 heavy (non-hydrogen) atoms. The molecule has 1 N–H and O–H groups in total. The number of hydrogen-bond donors (Lipinski definition) is 1. The number of aromatic nitrogens is 1. The summed E-state index contributed by atoms with van der Waals surface area (Å²) >= 11 is 0. The minimum atomic E-state index is -0.529. The van der Waals surface area contributed by atoms with Crippen LogP contribution in [0.4, 0.5) is 11.6 Å². The van der Waals surface area contributed by atoms with E-state index in [9.17, 15) is 10.1 Å². The molecule has 1 aromatic rings. The Morgan fingerprint density at radius 3 is 2.87 bits per heavy atom. The van der Waals surface area contributed by atoms with Crippen molar-refractivity contribution in [3.8, 4) is 5.75 Å². The zero-order valence-electron chi connectivity index (χ0n) is 8.27. The van der Waals surface area contributed by atoms with Crippen LogP contribution in [0.5, 0.6) is 5.75 Å². The van der Waals surface area contributed by atoms with Crippen LogP contribution in [0.3, 0.4) is 0 Å². The van der Waals surface area contributed by atoms with Crippen LogP contribution in [0.15, 0.2) is 12.1 Å². The summed E-state index contributed by atoms with van der Waals surface area (Å²) in [6, 6.07) is 3.24. The van der Waals surface area contributed by atoms with Crippen molar-refractivity contribution in [3.63, 3.8) is 0 Å². The van der Waals surface area contributed by atoms with Gasteiger partial charge in [0, 0.05) is 13.1 Å². The molecular formula is C9H11N3O3. The number of pyridine rings is 1. The van der Waals surface area contributed by atoms with E-state index >= 15 is 0 Å². The fourth-order valence-electron chi connectivity index (χ4n) is 1.16. The Labute approximate surface area is 86.4 Å². The molecule has 0 saturated heterocycles. The fraction of sp³-hybridized carbons (Fsp3) is 0.444. The van der Waals surface area contributed by atoms with Gasteiger partial charge in [0.1, 0.15) is 0 Å². The van der Waals surface area contributed by atoms with Gasteiger partial charge in [0.15, 0.2) is 0 Å². The van der Waals surface area contributed by atoms with E-state index in [-0.39, 0.29) is 17.7 Å². The first kappa shape index (κ1) is 9.70. The van der Waals surface area contributed by atoms with Gasteiger partial charge < -0.3 is 20.2 Å². The minimum absolute atomic E-state index is 0.130. The van der Waals surface area contributed by atoms with Gasteiger partial charge in [0.25, 0.3) is 0 Å². The van der Waals surface area contributed by atoms with Crippen LogP contribution in [0.2, 0.25) is 0 Å². The standard InChI is InChI=1S/C9H11N3O3/c1-10-8-5-4-7(15-6-2-3-6)9(11-8)12(13)14/h4-6H,2-3H2,1H3,(H,10,11). The molecule has 1 aliphatic rings. The number of nitrogens with zero attached hydrogens (tertiary/aromatic N) is 2. The lowest BCUT2D eigenvalue weighted by molar-refractivity contribution is -0.390. The van der Waals surface area contributed by atoms with Crippen LogP contribution < -0.4 is 10.1 Å². The summed E-state index contributed by atoms with van der Waals surface area (Å²) in [5.41, 5.74) is 0. The van der Waals surface area contributed by atoms with E-state index in [0.717, 1.165) is 12.8 Å². The number of anilines is 1. The molecule has 1 heterocycles. The van der Waals surface area contributed by atoms with E-state index in [4.69, 9.17) is 4.74 Å². The van der Waals surface area contributed by atoms with Crippen LogP contribution in [-0.4, -0.2) is 23.1 Å². The van der Waals surface area contributed by atoms with E-state index in [1.54, 1.807) is 19.2 Å². The third kappa shape index (κ3) is 2.15. The Balaban J connectivity index is 2.29. The lowest BCUT2D eigenvalue weighted by Gasteiger charge is -2.04. The van der Waals surface area contributed by atoms with Crippen molar-refractivity contribution >= 4 is 11.6 Å². The predicted molar refractivity (Wildman–Crippen MR) is 54.1 cm³/mol. The molecule has 6 nitrogen and oxygen atoms in total. The highest BCUT2D eigenvalue weighted by Crippen LogP contribution is 2.32. The molecule has 1 fully saturated rings. The van der Waals surface area contributed by atoms with Gasteiger partial charge in [0.05, 0.1) is 6.10 Å². The molecule has 0 aromatic carbocycles. The number of rotatable bonds is 4. The zero-order valence-corrected chi connectivity index (χ0v) is 8.27. The van der Waals surface area contributed by atoms with Crippen molar-refractivity contribution in [1.29, 1.82) is 0 Å². The first-order chi connectivity index (χ1) is 7.20. The Morgan fingerprint density at radius 1 is 1.60 bits per heavy atom. The molecule has 6 heteroatoms. The van der Waals surface area contributed by atoms with E-state index < -0.39 is 4.92 Å². The van der Waals surface area contributed by atoms with Crippen molar-refractivity contribution in [3.05, 3.63) is 22.2 Å². The summed E-state index contributed by atoms with van der Waals surface area (Å²) in [5, 5.41) is 13.5. The average Bonchev–Trinajstić information content (AvgIpc) is 3.02. The first-order valence-electron chi connectivity index (χ1n) is 4.70. The Morgan fingerprint density at radius 2 is 2.33 bits per heavy atom. The normalized spacial score (nSPS) is 14.7. The molecule has 0 atom stereocenters. The highest BCUT2D eigenvalue weighted by atomic mass is 16.6. The van der Waals surface area contributed by atoms with Gasteiger partial charge in [-0.1, -0.05) is 0 Å². The van der Waals surface area contributed by atoms with Crippen molar-refractivity contribution < 1.29 is 9.66 Å². The van der Waals surface area contributed by atoms with Crippen molar-refractivity contribution in [1.82, 2.24) is 4.98 Å². The van der Waals surface area contributed by atoms with Gasteiger partial charge in [-0.15, -0.1) is 0 Å². The SMILES string of the molecule is CNc1ccc(OC2CC2)c([N+](=O)[O-])n1. The minimum Gasteiger partial charge on any atom is -0.482 e. The smallest absolute Gasteiger partial charge is 0.408 e. The summed E-state index contributed by atoms with van der Waals surface area (Å²) in [7, 11) is 1.66. The molecule has 0 radical (unpaired) electrons. The molecule has 80 valence electrons. The van der Waals surface area contributed by atoms with Gasteiger partial charge in [-0.05, 0) is 28.8 Å². The second-order valence-electron chi connectivity index (χ2n) is 3.34. The summed E-state index contributed by atoms with van der Waals surface area (Å²) in [5.74, 6) is 0.486. The Bertz CT molecular complexity index is 390. The number of hydrogen-bond acceptors (Lipinski definition) is 5. The highest BCUT2D eigenvalue weighted by molar-refractivity contribution is 5.48. The maximum atomic E-state index is 10.7. The molecular weight excluding hydrogens is 198 g/mol. The van der Waals surface area contributed by atoms with Crippen LogP contribution in [0, 0.1) is 10.1 Å². The summed E-state index contributed by atoms with van der Waals surface area (Å²) in [4.78, 5) is 14.0. The van der Waals surface area contributed by atoms with E-state index in [2.05, 4.69) is 10.3 Å². The molecule has 0 unspecified atom stereocenters. The van der Waals surface area contributed by atoms with Crippen LogP contribution in [0.25, 0.3) is 0 Å². The van der Waals surface area contributed by atoms with Gasteiger partial charge in [-0.3, -0.25) is 0 Å². The largest absolute Gasteiger partial charge is 0.482 e. The van der Waals surface area contributed by atoms with Gasteiger partial charge in [0.2, 0.25) is 11.6 Å². The zero-order chi connectivity index (χ0) is 10.8. The van der Waals surface area contributed by atoms with E-state index in [1.807, 2.05) is 0 Å². The molecule has 0 bridgehead atoms. The van der Waals surface area contributed by atoms with E-state index in [0.29, 0.717) is 5.82 Å². The molecule has 2 rings (SSSR count). The maximum Gasteiger partial charge on any atom is 0.408 e. The number of nitro groups is 1. The molecule has 0 amide bonds. The summed E-state index contributed by atoms with van der Waals surface area (Å²) in [6.45, 7) is 0. The molecule has 1 aliphatic carbocycles. The topological polar surface area (TPSA) is 77.3 Å². The summed E-state index contributed by atoms with van der Waals surface area (Å²) < 4.78 is 5.39. The fourth-order valence-corrected chi connectivity index (χ4v) is 1.16. The maximum absolute atomic E-state index is 10.7. The third-order valence-corrected chi connectivity index (χ3v) is 2.09. The van der Waals surface area contributed by atoms with Crippen LogP contribution >= 0.6 is 0 Å². The lowest BCUT2D eigenvalue weighted by atomic mass is 10.4. The van der Waals surface area contributed by atoms with Gasteiger partial charge in [-0.2, -0.15) is 0 Å². The molecule has 0 spiro atoms. The van der Waals surface area contributed by atoms with Gasteiger partial charge >= 0.3 is 5.82 Å². The van der Waals surface area contributed by atoms with Crippen molar-refractivity contribution in [2.24, 2.45) is 0 Å². The highest BCUT2D eigenvalue weighted by Gasteiger charge is 2.28. The third-order valence-electron chi connectivity index (χ3n) is 2.09. The van der Waals surface area contributed by atoms with Crippen molar-refractivity contribution in [2.75, 3.05) is 12.4 Å².